The predicted octanol–water partition coefficient (Wildman–Crippen LogP) is 1.93. The Balaban J connectivity index is 1.69. The number of methoxy groups -OCH3 is 2. The minimum Gasteiger partial charge on any atom is -0.497 e. The van der Waals surface area contributed by atoms with Crippen molar-refractivity contribution in [2.24, 2.45) is 0 Å². The van der Waals surface area contributed by atoms with Crippen LogP contribution in [0, 0.1) is 0 Å². The predicted molar refractivity (Wildman–Crippen MR) is 98.6 cm³/mol. The average molecular weight is 357 g/mol. The maximum atomic E-state index is 12.0. The van der Waals surface area contributed by atoms with Crippen LogP contribution in [0.1, 0.15) is 15.9 Å². The second kappa shape index (κ2) is 9.93. The molecule has 0 aromatic heterocycles. The summed E-state index contributed by atoms with van der Waals surface area (Å²) in [5.74, 6) is 1.12. The molecule has 0 aliphatic carbocycles. The molecular formula is C19H23N3O4. The number of para-hydroxylation sites is 1. The minimum atomic E-state index is -0.313. The molecule has 0 aliphatic heterocycles. The normalized spacial score (nSPS) is 9.92. The first-order valence-electron chi connectivity index (χ1n) is 8.20. The lowest BCUT2D eigenvalue weighted by atomic mass is 10.2. The number of ether oxygens (including phenoxy) is 2. The van der Waals surface area contributed by atoms with E-state index in [1.807, 2.05) is 24.3 Å². The Morgan fingerprint density at radius 1 is 0.885 bits per heavy atom. The second-order valence-electron chi connectivity index (χ2n) is 5.41. The highest BCUT2D eigenvalue weighted by Gasteiger charge is 2.07. The molecule has 26 heavy (non-hydrogen) atoms. The summed E-state index contributed by atoms with van der Waals surface area (Å²) in [4.78, 5) is 23.9. The van der Waals surface area contributed by atoms with Crippen LogP contribution in [0.3, 0.4) is 0 Å². The van der Waals surface area contributed by atoms with E-state index in [0.29, 0.717) is 30.9 Å². The number of carbonyl (C=O) groups is 2. The highest BCUT2D eigenvalue weighted by Crippen LogP contribution is 2.16. The van der Waals surface area contributed by atoms with Crippen molar-refractivity contribution in [1.82, 2.24) is 16.0 Å². The average Bonchev–Trinajstić information content (AvgIpc) is 2.69. The maximum absolute atomic E-state index is 12.0. The highest BCUT2D eigenvalue weighted by molar-refractivity contribution is 5.94. The molecule has 0 radical (unpaired) electrons. The summed E-state index contributed by atoms with van der Waals surface area (Å²) in [6.45, 7) is 0.984. The molecule has 0 heterocycles. The van der Waals surface area contributed by atoms with Gasteiger partial charge in [0.25, 0.3) is 5.91 Å². The lowest BCUT2D eigenvalue weighted by molar-refractivity contribution is 0.0953. The van der Waals surface area contributed by atoms with E-state index in [9.17, 15) is 9.59 Å². The molecule has 0 saturated carbocycles. The highest BCUT2D eigenvalue weighted by atomic mass is 16.5. The van der Waals surface area contributed by atoms with Crippen molar-refractivity contribution in [3.8, 4) is 11.5 Å². The fraction of sp³-hybridized carbons (Fsp3) is 0.263. The van der Waals surface area contributed by atoms with E-state index < -0.39 is 0 Å². The van der Waals surface area contributed by atoms with Crippen LogP contribution in [-0.2, 0) is 6.54 Å². The van der Waals surface area contributed by atoms with Gasteiger partial charge in [-0.2, -0.15) is 0 Å². The van der Waals surface area contributed by atoms with Crippen LogP contribution < -0.4 is 25.4 Å². The molecule has 0 atom stereocenters. The summed E-state index contributed by atoms with van der Waals surface area (Å²) in [5, 5.41) is 8.18. The quantitative estimate of drug-likeness (QED) is 0.630. The Morgan fingerprint density at radius 2 is 1.65 bits per heavy atom. The van der Waals surface area contributed by atoms with E-state index >= 15 is 0 Å². The van der Waals surface area contributed by atoms with Crippen LogP contribution in [0.25, 0.3) is 0 Å². The van der Waals surface area contributed by atoms with Crippen LogP contribution in [0.4, 0.5) is 4.79 Å². The van der Waals surface area contributed by atoms with Crippen molar-refractivity contribution in [2.45, 2.75) is 6.54 Å². The number of urea groups is 1. The van der Waals surface area contributed by atoms with Crippen LogP contribution in [0.15, 0.2) is 48.5 Å². The van der Waals surface area contributed by atoms with E-state index in [1.54, 1.807) is 38.5 Å². The number of benzene rings is 2. The zero-order chi connectivity index (χ0) is 18.8. The number of nitrogens with one attached hydrogen (secondary N) is 3. The summed E-state index contributed by atoms with van der Waals surface area (Å²) in [5.41, 5.74) is 1.39. The molecule has 2 aromatic rings. The Bertz CT molecular complexity index is 749. The van der Waals surface area contributed by atoms with Gasteiger partial charge in [-0.15, -0.1) is 0 Å². The summed E-state index contributed by atoms with van der Waals surface area (Å²) < 4.78 is 10.3. The van der Waals surface area contributed by atoms with Gasteiger partial charge in [0.15, 0.2) is 0 Å². The van der Waals surface area contributed by atoms with Crippen LogP contribution >= 0.6 is 0 Å². The van der Waals surface area contributed by atoms with Gasteiger partial charge in [0.2, 0.25) is 0 Å². The molecule has 3 N–H and O–H groups in total. The van der Waals surface area contributed by atoms with E-state index in [-0.39, 0.29) is 11.9 Å². The molecule has 0 spiro atoms. The minimum absolute atomic E-state index is 0.222. The first-order valence-corrected chi connectivity index (χ1v) is 8.20. The van der Waals surface area contributed by atoms with Crippen LogP contribution in [0.5, 0.6) is 11.5 Å². The van der Waals surface area contributed by atoms with Crippen molar-refractivity contribution >= 4 is 11.9 Å². The lowest BCUT2D eigenvalue weighted by Crippen LogP contribution is -2.40. The molecule has 0 saturated heterocycles. The van der Waals surface area contributed by atoms with Crippen molar-refractivity contribution < 1.29 is 19.1 Å². The van der Waals surface area contributed by atoms with Gasteiger partial charge in [-0.3, -0.25) is 4.79 Å². The molecule has 138 valence electrons. The Kier molecular flexibility index (Phi) is 7.30. The zero-order valence-corrected chi connectivity index (χ0v) is 14.9. The Hall–Kier alpha value is -3.22. The van der Waals surface area contributed by atoms with E-state index in [0.717, 1.165) is 11.3 Å². The van der Waals surface area contributed by atoms with Gasteiger partial charge in [0.05, 0.1) is 14.2 Å². The maximum Gasteiger partial charge on any atom is 0.315 e. The summed E-state index contributed by atoms with van der Waals surface area (Å²) in [6.07, 6.45) is 0. The smallest absolute Gasteiger partial charge is 0.315 e. The van der Waals surface area contributed by atoms with Gasteiger partial charge in [0, 0.05) is 30.8 Å². The van der Waals surface area contributed by atoms with Gasteiger partial charge in [-0.05, 0) is 24.3 Å². The Labute approximate surface area is 152 Å². The molecule has 7 heteroatoms. The number of carbonyl (C=O) groups excluding carboxylic acids is 2. The molecule has 3 amide bonds. The molecule has 0 aliphatic rings. The third kappa shape index (κ3) is 5.70. The van der Waals surface area contributed by atoms with Crippen LogP contribution in [0.2, 0.25) is 0 Å². The van der Waals surface area contributed by atoms with Gasteiger partial charge < -0.3 is 25.4 Å². The third-order valence-corrected chi connectivity index (χ3v) is 3.66. The summed E-state index contributed by atoms with van der Waals surface area (Å²) in [6, 6.07) is 14.0. The first kappa shape index (κ1) is 19.1. The number of hydrogen-bond acceptors (Lipinski definition) is 4. The fourth-order valence-electron chi connectivity index (χ4n) is 2.31. The number of rotatable bonds is 8. The topological polar surface area (TPSA) is 88.7 Å². The molecule has 0 bridgehead atoms. The third-order valence-electron chi connectivity index (χ3n) is 3.66. The van der Waals surface area contributed by atoms with Gasteiger partial charge in [0.1, 0.15) is 11.5 Å². The molecule has 2 rings (SSSR count). The Morgan fingerprint density at radius 3 is 2.42 bits per heavy atom. The van der Waals surface area contributed by atoms with E-state index in [2.05, 4.69) is 16.0 Å². The summed E-state index contributed by atoms with van der Waals surface area (Å²) >= 11 is 0. The second-order valence-corrected chi connectivity index (χ2v) is 5.41. The van der Waals surface area contributed by atoms with Crippen LogP contribution in [-0.4, -0.2) is 39.2 Å². The standard InChI is InChI=1S/C19H23N3O4/c1-25-16-8-5-7-14(12-16)18(23)20-10-11-21-19(24)22-13-15-6-3-4-9-17(15)26-2/h3-9,12H,10-11,13H2,1-2H3,(H,20,23)(H2,21,22,24). The zero-order valence-electron chi connectivity index (χ0n) is 14.9. The monoisotopic (exact) mass is 357 g/mol. The summed E-state index contributed by atoms with van der Waals surface area (Å²) in [7, 11) is 3.13. The molecule has 2 aromatic carbocycles. The fourth-order valence-corrected chi connectivity index (χ4v) is 2.31. The van der Waals surface area contributed by atoms with Gasteiger partial charge >= 0.3 is 6.03 Å². The number of hydrogen-bond donors (Lipinski definition) is 3. The SMILES string of the molecule is COc1cccc(C(=O)NCCNC(=O)NCc2ccccc2OC)c1. The van der Waals surface area contributed by atoms with E-state index in [4.69, 9.17) is 9.47 Å². The first-order chi connectivity index (χ1) is 12.6. The van der Waals surface area contributed by atoms with Crippen molar-refractivity contribution in [2.75, 3.05) is 27.3 Å². The molecule has 7 nitrogen and oxygen atoms in total. The molecule has 0 fully saturated rings. The van der Waals surface area contributed by atoms with Crippen molar-refractivity contribution in [3.05, 3.63) is 59.7 Å². The van der Waals surface area contributed by atoms with Gasteiger partial charge in [-0.25, -0.2) is 4.79 Å². The van der Waals surface area contributed by atoms with Crippen molar-refractivity contribution in [3.63, 3.8) is 0 Å². The lowest BCUT2D eigenvalue weighted by Gasteiger charge is -2.11. The van der Waals surface area contributed by atoms with Crippen molar-refractivity contribution in [1.29, 1.82) is 0 Å². The molecular weight excluding hydrogens is 334 g/mol. The molecule has 0 unspecified atom stereocenters. The number of amides is 3. The largest absolute Gasteiger partial charge is 0.497 e. The van der Waals surface area contributed by atoms with Gasteiger partial charge in [-0.1, -0.05) is 24.3 Å². The van der Waals surface area contributed by atoms with E-state index in [1.165, 1.54) is 0 Å².